The van der Waals surface area contributed by atoms with Crippen molar-refractivity contribution < 1.29 is 19.7 Å². The van der Waals surface area contributed by atoms with Crippen LogP contribution in [0, 0.1) is 0 Å². The lowest BCUT2D eigenvalue weighted by molar-refractivity contribution is -0.118. The Bertz CT molecular complexity index is 685. The molecule has 0 aliphatic heterocycles. The van der Waals surface area contributed by atoms with Gasteiger partial charge in [0, 0.05) is 18.4 Å². The molecule has 0 aliphatic carbocycles. The molecule has 24 heavy (non-hydrogen) atoms. The highest BCUT2D eigenvalue weighted by Crippen LogP contribution is 2.19. The van der Waals surface area contributed by atoms with Crippen LogP contribution in [0.3, 0.4) is 0 Å². The largest absolute Gasteiger partial charge is 0.508 e. The summed E-state index contributed by atoms with van der Waals surface area (Å²) in [7, 11) is 1.59. The van der Waals surface area contributed by atoms with Gasteiger partial charge >= 0.3 is 0 Å². The van der Waals surface area contributed by atoms with Crippen LogP contribution in [-0.4, -0.2) is 23.1 Å². The average molecular weight is 326 g/mol. The van der Waals surface area contributed by atoms with E-state index in [1.807, 2.05) is 18.2 Å². The van der Waals surface area contributed by atoms with E-state index in [-0.39, 0.29) is 17.3 Å². The summed E-state index contributed by atoms with van der Waals surface area (Å²) in [6.45, 7) is 0. The van der Waals surface area contributed by atoms with Crippen LogP contribution in [0.4, 0.5) is 0 Å². The highest BCUT2D eigenvalue weighted by Gasteiger charge is 2.05. The quantitative estimate of drug-likeness (QED) is 0.718. The molecule has 4 nitrogen and oxygen atoms in total. The Morgan fingerprint density at radius 2 is 1.54 bits per heavy atom. The molecule has 4 heteroatoms. The lowest BCUT2D eigenvalue weighted by Gasteiger charge is -2.07. The van der Waals surface area contributed by atoms with Crippen LogP contribution in [0.1, 0.15) is 30.4 Å². The molecule has 0 radical (unpaired) electrons. The van der Waals surface area contributed by atoms with Crippen LogP contribution in [0.2, 0.25) is 0 Å². The molecule has 0 atom stereocenters. The second-order valence-corrected chi connectivity index (χ2v) is 5.56. The normalized spacial score (nSPS) is 11.3. The summed E-state index contributed by atoms with van der Waals surface area (Å²) < 4.78 is 5.34. The zero-order valence-electron chi connectivity index (χ0n) is 13.7. The number of ketones is 1. The molecule has 0 amide bonds. The van der Waals surface area contributed by atoms with Gasteiger partial charge in [0.05, 0.1) is 7.11 Å². The van der Waals surface area contributed by atoms with Crippen LogP contribution in [-0.2, 0) is 16.0 Å². The first-order chi connectivity index (χ1) is 11.6. The van der Waals surface area contributed by atoms with Crippen molar-refractivity contribution in [3.05, 3.63) is 65.7 Å². The summed E-state index contributed by atoms with van der Waals surface area (Å²) >= 11 is 0. The fourth-order valence-corrected chi connectivity index (χ4v) is 2.38. The van der Waals surface area contributed by atoms with Crippen molar-refractivity contribution in [3.8, 4) is 11.5 Å². The van der Waals surface area contributed by atoms with Gasteiger partial charge in [-0.2, -0.15) is 0 Å². The number of allylic oxidation sites excluding steroid dienone is 1. The van der Waals surface area contributed by atoms with E-state index in [9.17, 15) is 15.0 Å². The van der Waals surface area contributed by atoms with E-state index in [2.05, 4.69) is 0 Å². The first-order valence-electron chi connectivity index (χ1n) is 7.91. The summed E-state index contributed by atoms with van der Waals surface area (Å²) in [5.74, 6) is 1.33. The van der Waals surface area contributed by atoms with Crippen molar-refractivity contribution in [1.29, 1.82) is 0 Å². The zero-order valence-corrected chi connectivity index (χ0v) is 13.7. The third-order valence-corrected chi connectivity index (χ3v) is 3.75. The Balaban J connectivity index is 1.81. The molecule has 0 fully saturated rings. The summed E-state index contributed by atoms with van der Waals surface area (Å²) in [4.78, 5) is 12.0. The average Bonchev–Trinajstić information content (AvgIpc) is 2.59. The SMILES string of the molecule is COC(=CCCC(=O)CCc1ccc(O)cc1)c1ccc(O)cc1. The van der Waals surface area contributed by atoms with Crippen molar-refractivity contribution in [2.24, 2.45) is 0 Å². The molecule has 0 saturated heterocycles. The van der Waals surface area contributed by atoms with Gasteiger partial charge in [0.15, 0.2) is 0 Å². The Hall–Kier alpha value is -2.75. The second kappa shape index (κ2) is 8.77. The summed E-state index contributed by atoms with van der Waals surface area (Å²) in [5, 5.41) is 18.5. The molecule has 0 aromatic heterocycles. The molecule has 126 valence electrons. The van der Waals surface area contributed by atoms with E-state index < -0.39 is 0 Å². The van der Waals surface area contributed by atoms with Crippen molar-refractivity contribution in [2.45, 2.75) is 25.7 Å². The standard InChI is InChI=1S/C20H22O4/c1-24-20(16-8-13-19(23)14-9-16)4-2-3-17(21)10-5-15-6-11-18(22)12-7-15/h4,6-9,11-14,22-23H,2-3,5,10H2,1H3. The Morgan fingerprint density at radius 1 is 0.958 bits per heavy atom. The molecular weight excluding hydrogens is 304 g/mol. The minimum absolute atomic E-state index is 0.195. The zero-order chi connectivity index (χ0) is 17.4. The molecule has 0 heterocycles. The number of benzene rings is 2. The van der Waals surface area contributed by atoms with E-state index in [1.54, 1.807) is 43.5 Å². The van der Waals surface area contributed by atoms with Gasteiger partial charge in [-0.15, -0.1) is 0 Å². The van der Waals surface area contributed by atoms with Crippen molar-refractivity contribution >= 4 is 11.5 Å². The molecule has 0 spiro atoms. The Kier molecular flexibility index (Phi) is 6.43. The van der Waals surface area contributed by atoms with Crippen LogP contribution in [0.25, 0.3) is 5.76 Å². The van der Waals surface area contributed by atoms with Gasteiger partial charge in [0.25, 0.3) is 0 Å². The van der Waals surface area contributed by atoms with Crippen LogP contribution in [0.5, 0.6) is 11.5 Å². The first kappa shape index (κ1) is 17.6. The van der Waals surface area contributed by atoms with Crippen molar-refractivity contribution in [1.82, 2.24) is 0 Å². The lowest BCUT2D eigenvalue weighted by Crippen LogP contribution is -2.00. The van der Waals surface area contributed by atoms with Gasteiger partial charge in [0.1, 0.15) is 23.0 Å². The van der Waals surface area contributed by atoms with Gasteiger partial charge in [-0.25, -0.2) is 0 Å². The van der Waals surface area contributed by atoms with Gasteiger partial charge in [0.2, 0.25) is 0 Å². The third-order valence-electron chi connectivity index (χ3n) is 3.75. The number of hydrogen-bond donors (Lipinski definition) is 2. The van der Waals surface area contributed by atoms with Crippen LogP contribution < -0.4 is 0 Å². The maximum absolute atomic E-state index is 12.0. The minimum Gasteiger partial charge on any atom is -0.508 e. The fourth-order valence-electron chi connectivity index (χ4n) is 2.38. The number of carbonyl (C=O) groups is 1. The maximum Gasteiger partial charge on any atom is 0.133 e. The predicted octanol–water partition coefficient (Wildman–Crippen LogP) is 4.07. The number of rotatable bonds is 8. The fraction of sp³-hybridized carbons (Fsp3) is 0.250. The molecule has 2 rings (SSSR count). The van der Waals surface area contributed by atoms with E-state index >= 15 is 0 Å². The lowest BCUT2D eigenvalue weighted by atomic mass is 10.0. The summed E-state index contributed by atoms with van der Waals surface area (Å²) in [6, 6.07) is 13.7. The van der Waals surface area contributed by atoms with Crippen LogP contribution in [0.15, 0.2) is 54.6 Å². The molecule has 2 aromatic carbocycles. The van der Waals surface area contributed by atoms with E-state index in [0.717, 1.165) is 11.1 Å². The van der Waals surface area contributed by atoms with Gasteiger partial charge < -0.3 is 14.9 Å². The van der Waals surface area contributed by atoms with E-state index in [1.165, 1.54) is 0 Å². The number of phenols is 2. The van der Waals surface area contributed by atoms with Gasteiger partial charge in [-0.05, 0) is 60.9 Å². The number of Topliss-reactive ketones (excluding diaryl/α,β-unsaturated/α-hetero) is 1. The molecule has 0 saturated carbocycles. The van der Waals surface area contributed by atoms with Crippen molar-refractivity contribution in [3.63, 3.8) is 0 Å². The number of aryl methyl sites for hydroxylation is 1. The minimum atomic E-state index is 0.195. The second-order valence-electron chi connectivity index (χ2n) is 5.56. The van der Waals surface area contributed by atoms with Gasteiger partial charge in [-0.1, -0.05) is 12.1 Å². The predicted molar refractivity (Wildman–Crippen MR) is 93.8 cm³/mol. The van der Waals surface area contributed by atoms with E-state index in [4.69, 9.17) is 4.74 Å². The topological polar surface area (TPSA) is 66.8 Å². The van der Waals surface area contributed by atoms with Gasteiger partial charge in [-0.3, -0.25) is 4.79 Å². The molecule has 0 bridgehead atoms. The number of carbonyl (C=O) groups excluding carboxylic acids is 1. The Labute approximate surface area is 142 Å². The number of aromatic hydroxyl groups is 2. The molecular formula is C20H22O4. The highest BCUT2D eigenvalue weighted by molar-refractivity contribution is 5.79. The monoisotopic (exact) mass is 326 g/mol. The van der Waals surface area contributed by atoms with E-state index in [0.29, 0.717) is 31.4 Å². The third kappa shape index (κ3) is 5.47. The maximum atomic E-state index is 12.0. The van der Waals surface area contributed by atoms with Crippen LogP contribution >= 0.6 is 0 Å². The summed E-state index contributed by atoms with van der Waals surface area (Å²) in [5.41, 5.74) is 1.91. The number of ether oxygens (including phenoxy) is 1. The molecule has 0 unspecified atom stereocenters. The molecule has 2 aromatic rings. The Morgan fingerprint density at radius 3 is 2.12 bits per heavy atom. The number of methoxy groups -OCH3 is 1. The number of hydrogen-bond acceptors (Lipinski definition) is 4. The highest BCUT2D eigenvalue weighted by atomic mass is 16.5. The summed E-state index contributed by atoms with van der Waals surface area (Å²) in [6.07, 6.45) is 4.13. The number of phenolic OH excluding ortho intramolecular Hbond substituents is 2. The smallest absolute Gasteiger partial charge is 0.133 e. The first-order valence-corrected chi connectivity index (χ1v) is 7.91. The van der Waals surface area contributed by atoms with Crippen molar-refractivity contribution in [2.75, 3.05) is 7.11 Å². The molecule has 2 N–H and O–H groups in total. The molecule has 0 aliphatic rings.